The van der Waals surface area contributed by atoms with Crippen molar-refractivity contribution in [1.29, 1.82) is 0 Å². The van der Waals surface area contributed by atoms with Gasteiger partial charge in [0.15, 0.2) is 0 Å². The molecule has 0 aliphatic heterocycles. The molecule has 1 amide bonds. The zero-order valence-electron chi connectivity index (χ0n) is 14.5. The van der Waals surface area contributed by atoms with Crippen molar-refractivity contribution in [2.45, 2.75) is 49.8 Å². The summed E-state index contributed by atoms with van der Waals surface area (Å²) in [5, 5.41) is 7.83. The maximum atomic E-state index is 12.0. The highest BCUT2D eigenvalue weighted by atomic mass is 32.2. The minimum Gasteiger partial charge on any atom is -0.354 e. The summed E-state index contributed by atoms with van der Waals surface area (Å²) in [6.45, 7) is 1.45. The first-order chi connectivity index (χ1) is 12.3. The van der Waals surface area contributed by atoms with Gasteiger partial charge in [-0.3, -0.25) is 9.48 Å². The second-order valence-electron chi connectivity index (χ2n) is 7.09. The van der Waals surface area contributed by atoms with E-state index in [1.165, 1.54) is 42.6 Å². The summed E-state index contributed by atoms with van der Waals surface area (Å²) in [6.07, 6.45) is 5.16. The number of amides is 1. The number of nitrogens with zero attached hydrogens (tertiary/aromatic N) is 2. The number of aromatic nitrogens is 2. The normalized spacial score (nSPS) is 16.8. The monoisotopic (exact) mass is 355 g/mol. The lowest BCUT2D eigenvalue weighted by molar-refractivity contribution is -0.118. The van der Waals surface area contributed by atoms with E-state index in [2.05, 4.69) is 28.2 Å². The average Bonchev–Trinajstić information content (AvgIpc) is 3.55. The van der Waals surface area contributed by atoms with Crippen LogP contribution >= 0.6 is 11.8 Å². The lowest BCUT2D eigenvalue weighted by Crippen LogP contribution is -2.29. The van der Waals surface area contributed by atoms with Crippen LogP contribution in [0.5, 0.6) is 0 Å². The number of hydrogen-bond donors (Lipinski definition) is 1. The van der Waals surface area contributed by atoms with Crippen molar-refractivity contribution in [2.75, 3.05) is 12.3 Å². The lowest BCUT2D eigenvalue weighted by Gasteiger charge is -2.08. The third kappa shape index (κ3) is 4.66. The molecule has 4 nitrogen and oxygen atoms in total. The Morgan fingerprint density at radius 2 is 1.92 bits per heavy atom. The Kier molecular flexibility index (Phi) is 5.11. The molecular formula is C20H25N3OS. The number of thioether (sulfide) groups is 1. The Morgan fingerprint density at radius 3 is 2.64 bits per heavy atom. The fraction of sp³-hybridized carbons (Fsp3) is 0.500. The molecule has 5 heteroatoms. The van der Waals surface area contributed by atoms with Crippen LogP contribution in [0.15, 0.2) is 36.4 Å². The molecule has 1 aromatic heterocycles. The zero-order valence-corrected chi connectivity index (χ0v) is 15.3. The van der Waals surface area contributed by atoms with Gasteiger partial charge in [-0.05, 0) is 37.3 Å². The van der Waals surface area contributed by atoms with Crippen LogP contribution in [0.25, 0.3) is 0 Å². The molecule has 1 aromatic carbocycles. The van der Waals surface area contributed by atoms with E-state index in [0.717, 1.165) is 12.3 Å². The van der Waals surface area contributed by atoms with Crippen LogP contribution in [-0.4, -0.2) is 28.0 Å². The lowest BCUT2D eigenvalue weighted by atomic mass is 10.2. The minimum absolute atomic E-state index is 0.114. The molecule has 1 N–H and O–H groups in total. The SMILES string of the molecule is O=C(CSCc1ccccc1)NCCn1nc(C2CC2)cc1C1CC1. The Balaban J connectivity index is 1.20. The summed E-state index contributed by atoms with van der Waals surface area (Å²) in [7, 11) is 0. The van der Waals surface area contributed by atoms with Crippen LogP contribution in [0.1, 0.15) is 54.5 Å². The summed E-state index contributed by atoms with van der Waals surface area (Å²) in [5.41, 5.74) is 3.92. The second-order valence-corrected chi connectivity index (χ2v) is 8.08. The molecule has 0 unspecified atom stereocenters. The van der Waals surface area contributed by atoms with E-state index in [0.29, 0.717) is 24.1 Å². The highest BCUT2D eigenvalue weighted by Crippen LogP contribution is 2.44. The molecular weight excluding hydrogens is 330 g/mol. The van der Waals surface area contributed by atoms with Crippen molar-refractivity contribution in [3.8, 4) is 0 Å². The molecule has 132 valence electrons. The van der Waals surface area contributed by atoms with Gasteiger partial charge in [0.05, 0.1) is 18.0 Å². The van der Waals surface area contributed by atoms with Crippen molar-refractivity contribution in [3.63, 3.8) is 0 Å². The number of carbonyl (C=O) groups is 1. The zero-order chi connectivity index (χ0) is 17.1. The highest BCUT2D eigenvalue weighted by Gasteiger charge is 2.32. The average molecular weight is 356 g/mol. The molecule has 2 fully saturated rings. The third-order valence-corrected chi connectivity index (χ3v) is 5.82. The van der Waals surface area contributed by atoms with Gasteiger partial charge in [0.25, 0.3) is 0 Å². The van der Waals surface area contributed by atoms with Gasteiger partial charge in [-0.1, -0.05) is 30.3 Å². The van der Waals surface area contributed by atoms with Crippen LogP contribution in [0, 0.1) is 0 Å². The summed E-state index contributed by atoms with van der Waals surface area (Å²) >= 11 is 1.66. The molecule has 0 radical (unpaired) electrons. The van der Waals surface area contributed by atoms with E-state index >= 15 is 0 Å². The first-order valence-corrected chi connectivity index (χ1v) is 10.4. The third-order valence-electron chi connectivity index (χ3n) is 4.81. The summed E-state index contributed by atoms with van der Waals surface area (Å²) in [4.78, 5) is 12.0. The Bertz CT molecular complexity index is 720. The Morgan fingerprint density at radius 1 is 1.16 bits per heavy atom. The first-order valence-electron chi connectivity index (χ1n) is 9.25. The standard InChI is InChI=1S/C20H25N3OS/c24-20(14-25-13-15-4-2-1-3-5-15)21-10-11-23-19(17-8-9-17)12-18(22-23)16-6-7-16/h1-5,12,16-17H,6-11,13-14H2,(H,21,24). The van der Waals surface area contributed by atoms with Gasteiger partial charge in [0.1, 0.15) is 0 Å². The van der Waals surface area contributed by atoms with Gasteiger partial charge < -0.3 is 5.32 Å². The number of carbonyl (C=O) groups excluding carboxylic acids is 1. The van der Waals surface area contributed by atoms with Gasteiger partial charge in [0.2, 0.25) is 5.91 Å². The van der Waals surface area contributed by atoms with E-state index < -0.39 is 0 Å². The summed E-state index contributed by atoms with van der Waals surface area (Å²) in [6, 6.07) is 12.6. The molecule has 0 bridgehead atoms. The van der Waals surface area contributed by atoms with Crippen LogP contribution in [0.2, 0.25) is 0 Å². The fourth-order valence-electron chi connectivity index (χ4n) is 3.11. The van der Waals surface area contributed by atoms with Crippen LogP contribution in [0.4, 0.5) is 0 Å². The van der Waals surface area contributed by atoms with Crippen molar-refractivity contribution in [1.82, 2.24) is 15.1 Å². The highest BCUT2D eigenvalue weighted by molar-refractivity contribution is 7.99. The van der Waals surface area contributed by atoms with E-state index in [-0.39, 0.29) is 5.91 Å². The van der Waals surface area contributed by atoms with Crippen molar-refractivity contribution < 1.29 is 4.79 Å². The molecule has 2 saturated carbocycles. The van der Waals surface area contributed by atoms with E-state index in [1.807, 2.05) is 18.2 Å². The molecule has 2 aliphatic carbocycles. The molecule has 2 aliphatic rings. The van der Waals surface area contributed by atoms with Crippen LogP contribution < -0.4 is 5.32 Å². The molecule has 0 atom stereocenters. The molecule has 4 rings (SSSR count). The van der Waals surface area contributed by atoms with E-state index in [9.17, 15) is 4.79 Å². The predicted octanol–water partition coefficient (Wildman–Crippen LogP) is 3.69. The van der Waals surface area contributed by atoms with Gasteiger partial charge >= 0.3 is 0 Å². The predicted molar refractivity (Wildman–Crippen MR) is 102 cm³/mol. The molecule has 1 heterocycles. The topological polar surface area (TPSA) is 46.9 Å². The molecule has 2 aromatic rings. The number of nitrogens with one attached hydrogen (secondary N) is 1. The maximum Gasteiger partial charge on any atom is 0.230 e. The largest absolute Gasteiger partial charge is 0.354 e. The Hall–Kier alpha value is -1.75. The second kappa shape index (κ2) is 7.65. The quantitative estimate of drug-likeness (QED) is 0.746. The molecule has 0 saturated heterocycles. The van der Waals surface area contributed by atoms with E-state index in [1.54, 1.807) is 11.8 Å². The van der Waals surface area contributed by atoms with Crippen molar-refractivity contribution >= 4 is 17.7 Å². The molecule has 0 spiro atoms. The fourth-order valence-corrected chi connectivity index (χ4v) is 3.92. The smallest absolute Gasteiger partial charge is 0.230 e. The maximum absolute atomic E-state index is 12.0. The Labute approximate surface area is 153 Å². The van der Waals surface area contributed by atoms with E-state index in [4.69, 9.17) is 5.10 Å². The van der Waals surface area contributed by atoms with Gasteiger partial charge in [-0.15, -0.1) is 11.8 Å². The first kappa shape index (κ1) is 16.7. The van der Waals surface area contributed by atoms with Gasteiger partial charge in [-0.2, -0.15) is 5.10 Å². The van der Waals surface area contributed by atoms with Gasteiger partial charge in [0, 0.05) is 29.8 Å². The van der Waals surface area contributed by atoms with Crippen LogP contribution in [0.3, 0.4) is 0 Å². The number of benzene rings is 1. The number of hydrogen-bond acceptors (Lipinski definition) is 3. The van der Waals surface area contributed by atoms with Crippen molar-refractivity contribution in [3.05, 3.63) is 53.3 Å². The summed E-state index contributed by atoms with van der Waals surface area (Å²) in [5.74, 6) is 2.91. The number of rotatable bonds is 9. The molecule has 25 heavy (non-hydrogen) atoms. The minimum atomic E-state index is 0.114. The van der Waals surface area contributed by atoms with Crippen molar-refractivity contribution in [2.24, 2.45) is 0 Å². The summed E-state index contributed by atoms with van der Waals surface area (Å²) < 4.78 is 2.14. The van der Waals surface area contributed by atoms with Crippen LogP contribution in [-0.2, 0) is 17.1 Å². The van der Waals surface area contributed by atoms with Gasteiger partial charge in [-0.25, -0.2) is 0 Å².